The van der Waals surface area contributed by atoms with Gasteiger partial charge in [-0.05, 0) is 37.1 Å². The second kappa shape index (κ2) is 5.37. The summed E-state index contributed by atoms with van der Waals surface area (Å²) in [5.74, 6) is 0.516. The van der Waals surface area contributed by atoms with Gasteiger partial charge in [0.25, 0.3) is 0 Å². The Morgan fingerprint density at radius 3 is 2.94 bits per heavy atom. The first-order valence-electron chi connectivity index (χ1n) is 6.83. The van der Waals surface area contributed by atoms with Gasteiger partial charge in [-0.25, -0.2) is 0 Å². The first kappa shape index (κ1) is 12.9. The van der Waals surface area contributed by atoms with E-state index in [1.54, 1.807) is 0 Å². The molecule has 2 aliphatic heterocycles. The van der Waals surface area contributed by atoms with Crippen LogP contribution in [0.3, 0.4) is 0 Å². The second-order valence-electron chi connectivity index (χ2n) is 6.19. The molecular formula is C14H24N2O. The van der Waals surface area contributed by atoms with E-state index < -0.39 is 0 Å². The molecular weight excluding hydrogens is 212 g/mol. The van der Waals surface area contributed by atoms with E-state index in [0.29, 0.717) is 23.9 Å². The van der Waals surface area contributed by atoms with Crippen molar-refractivity contribution in [3.8, 4) is 6.07 Å². The molecule has 0 aromatic heterocycles. The fraction of sp³-hybridized carbons (Fsp3) is 0.929. The number of ether oxygens (including phenoxy) is 1. The van der Waals surface area contributed by atoms with Crippen LogP contribution in [0.1, 0.15) is 39.5 Å². The zero-order chi connectivity index (χ0) is 12.3. The lowest BCUT2D eigenvalue weighted by atomic mass is 9.72. The van der Waals surface area contributed by atoms with E-state index >= 15 is 0 Å². The maximum atomic E-state index is 8.93. The highest BCUT2D eigenvalue weighted by molar-refractivity contribution is 4.92. The van der Waals surface area contributed by atoms with Crippen LogP contribution in [0.2, 0.25) is 0 Å². The topological polar surface area (TPSA) is 36.3 Å². The highest BCUT2D eigenvalue weighted by Crippen LogP contribution is 2.37. The third-order valence-electron chi connectivity index (χ3n) is 4.48. The number of hydrogen-bond acceptors (Lipinski definition) is 3. The van der Waals surface area contributed by atoms with Gasteiger partial charge < -0.3 is 9.64 Å². The molecule has 2 atom stereocenters. The van der Waals surface area contributed by atoms with Crippen LogP contribution in [0, 0.1) is 22.7 Å². The summed E-state index contributed by atoms with van der Waals surface area (Å²) in [7, 11) is 0. The predicted molar refractivity (Wildman–Crippen MR) is 67.5 cm³/mol. The van der Waals surface area contributed by atoms with Gasteiger partial charge in [-0.2, -0.15) is 5.26 Å². The van der Waals surface area contributed by atoms with Crippen LogP contribution < -0.4 is 0 Å². The largest absolute Gasteiger partial charge is 0.377 e. The molecule has 0 aromatic carbocycles. The van der Waals surface area contributed by atoms with Gasteiger partial charge >= 0.3 is 0 Å². The molecule has 2 aliphatic rings. The fourth-order valence-corrected chi connectivity index (χ4v) is 2.99. The van der Waals surface area contributed by atoms with Gasteiger partial charge in [0.15, 0.2) is 0 Å². The molecule has 0 aromatic rings. The van der Waals surface area contributed by atoms with Crippen LogP contribution in [0.15, 0.2) is 0 Å². The molecule has 2 unspecified atom stereocenters. The smallest absolute Gasteiger partial charge is 0.0702 e. The molecule has 2 saturated heterocycles. The Morgan fingerprint density at radius 1 is 1.47 bits per heavy atom. The van der Waals surface area contributed by atoms with E-state index in [1.165, 1.54) is 19.3 Å². The maximum Gasteiger partial charge on any atom is 0.0702 e. The third-order valence-corrected chi connectivity index (χ3v) is 4.48. The maximum absolute atomic E-state index is 8.93. The predicted octanol–water partition coefficient (Wildman–Crippen LogP) is 2.43. The van der Waals surface area contributed by atoms with Crippen molar-refractivity contribution in [1.29, 1.82) is 5.26 Å². The molecule has 3 heteroatoms. The molecule has 0 aliphatic carbocycles. The number of rotatable bonds is 3. The van der Waals surface area contributed by atoms with E-state index in [0.717, 1.165) is 26.2 Å². The summed E-state index contributed by atoms with van der Waals surface area (Å²) >= 11 is 0. The summed E-state index contributed by atoms with van der Waals surface area (Å²) in [4.78, 5) is 2.50. The molecule has 2 heterocycles. The molecule has 0 spiro atoms. The van der Waals surface area contributed by atoms with E-state index in [9.17, 15) is 0 Å². The van der Waals surface area contributed by atoms with E-state index in [1.807, 2.05) is 0 Å². The van der Waals surface area contributed by atoms with Gasteiger partial charge in [-0.1, -0.05) is 13.8 Å². The van der Waals surface area contributed by atoms with Crippen LogP contribution in [0.25, 0.3) is 0 Å². The van der Waals surface area contributed by atoms with E-state index in [2.05, 4.69) is 24.8 Å². The second-order valence-corrected chi connectivity index (χ2v) is 6.19. The van der Waals surface area contributed by atoms with Gasteiger partial charge in [0, 0.05) is 26.1 Å². The molecule has 17 heavy (non-hydrogen) atoms. The Hall–Kier alpha value is -0.590. The molecule has 0 N–H and O–H groups in total. The van der Waals surface area contributed by atoms with E-state index in [4.69, 9.17) is 10.00 Å². The number of nitrogens with zero attached hydrogens (tertiary/aromatic N) is 2. The minimum absolute atomic E-state index is 0.322. The number of likely N-dealkylation sites (tertiary alicyclic amines) is 1. The summed E-state index contributed by atoms with van der Waals surface area (Å²) in [5, 5.41) is 8.93. The fourth-order valence-electron chi connectivity index (χ4n) is 2.99. The average molecular weight is 236 g/mol. The number of hydrogen-bond donors (Lipinski definition) is 0. The average Bonchev–Trinajstić information content (AvgIpc) is 2.76. The van der Waals surface area contributed by atoms with Crippen molar-refractivity contribution in [2.24, 2.45) is 11.3 Å². The third kappa shape index (κ3) is 3.20. The molecule has 3 nitrogen and oxygen atoms in total. The Bertz CT molecular complexity index is 289. The summed E-state index contributed by atoms with van der Waals surface area (Å²) < 4.78 is 5.70. The monoisotopic (exact) mass is 236 g/mol. The highest BCUT2D eigenvalue weighted by Gasteiger charge is 2.36. The van der Waals surface area contributed by atoms with Crippen LogP contribution in [0.5, 0.6) is 0 Å². The Balaban J connectivity index is 1.87. The molecule has 0 saturated carbocycles. The van der Waals surface area contributed by atoms with Crippen LogP contribution in [-0.4, -0.2) is 37.2 Å². The molecule has 2 fully saturated rings. The number of piperidine rings is 1. The molecule has 0 radical (unpaired) electrons. The first-order valence-corrected chi connectivity index (χ1v) is 6.83. The molecule has 0 bridgehead atoms. The van der Waals surface area contributed by atoms with Gasteiger partial charge in [0.2, 0.25) is 0 Å². The SMILES string of the molecule is CC1(C)CCN(CC2CCCO2)CC1CC#N. The zero-order valence-corrected chi connectivity index (χ0v) is 11.1. The lowest BCUT2D eigenvalue weighted by molar-refractivity contribution is 0.0193. The van der Waals surface area contributed by atoms with Gasteiger partial charge in [-0.3, -0.25) is 0 Å². The van der Waals surface area contributed by atoms with Crippen LogP contribution >= 0.6 is 0 Å². The Labute approximate surface area is 105 Å². The lowest BCUT2D eigenvalue weighted by Gasteiger charge is -2.43. The van der Waals surface area contributed by atoms with Gasteiger partial charge in [0.1, 0.15) is 0 Å². The Morgan fingerprint density at radius 2 is 2.29 bits per heavy atom. The van der Waals surface area contributed by atoms with Crippen LogP contribution in [-0.2, 0) is 4.74 Å². The Kier molecular flexibility index (Phi) is 4.06. The van der Waals surface area contributed by atoms with Crippen molar-refractivity contribution in [3.05, 3.63) is 0 Å². The minimum Gasteiger partial charge on any atom is -0.377 e. The normalized spacial score (nSPS) is 33.5. The van der Waals surface area contributed by atoms with Gasteiger partial charge in [0.05, 0.1) is 12.2 Å². The summed E-state index contributed by atoms with van der Waals surface area (Å²) in [6, 6.07) is 2.35. The van der Waals surface area contributed by atoms with Crippen LogP contribution in [0.4, 0.5) is 0 Å². The van der Waals surface area contributed by atoms with Gasteiger partial charge in [-0.15, -0.1) is 0 Å². The van der Waals surface area contributed by atoms with Crippen molar-refractivity contribution in [1.82, 2.24) is 4.90 Å². The minimum atomic E-state index is 0.322. The van der Waals surface area contributed by atoms with E-state index in [-0.39, 0.29) is 0 Å². The lowest BCUT2D eigenvalue weighted by Crippen LogP contribution is -2.47. The van der Waals surface area contributed by atoms with Crippen molar-refractivity contribution in [2.45, 2.75) is 45.6 Å². The molecule has 96 valence electrons. The zero-order valence-electron chi connectivity index (χ0n) is 11.1. The standard InChI is InChI=1S/C14H24N2O/c1-14(2)6-8-16(10-12(14)5-7-15)11-13-4-3-9-17-13/h12-13H,3-6,8-11H2,1-2H3. The van der Waals surface area contributed by atoms with Crippen molar-refractivity contribution in [2.75, 3.05) is 26.2 Å². The summed E-state index contributed by atoms with van der Waals surface area (Å²) in [6.07, 6.45) is 4.76. The molecule has 0 amide bonds. The number of nitriles is 1. The summed E-state index contributed by atoms with van der Waals surface area (Å²) in [6.45, 7) is 8.84. The van der Waals surface area contributed by atoms with Crippen molar-refractivity contribution < 1.29 is 4.74 Å². The molecule has 2 rings (SSSR count). The highest BCUT2D eigenvalue weighted by atomic mass is 16.5. The summed E-state index contributed by atoms with van der Waals surface area (Å²) in [5.41, 5.74) is 0.322. The quantitative estimate of drug-likeness (QED) is 0.755. The van der Waals surface area contributed by atoms with Crippen molar-refractivity contribution >= 4 is 0 Å². The first-order chi connectivity index (χ1) is 8.12. The van der Waals surface area contributed by atoms with Crippen molar-refractivity contribution in [3.63, 3.8) is 0 Å².